The number of halogens is 3. The molecule has 0 aromatic heterocycles. The molecule has 3 heteroatoms. The molecule has 0 nitrogen and oxygen atoms in total. The highest BCUT2D eigenvalue weighted by Crippen LogP contribution is 1.95. The molecular formula is C5H11BrCl2. The fourth-order valence-corrected chi connectivity index (χ4v) is 0. The molecule has 0 aromatic rings. The van der Waals surface area contributed by atoms with Gasteiger partial charge in [-0.25, -0.2) is 0 Å². The predicted octanol–water partition coefficient (Wildman–Crippen LogP) is 3.60. The molecule has 0 unspecified atom stereocenters. The van der Waals surface area contributed by atoms with E-state index in [1.54, 1.807) is 6.92 Å². The van der Waals surface area contributed by atoms with Gasteiger partial charge in [-0.15, -0.1) is 23.2 Å². The van der Waals surface area contributed by atoms with E-state index in [2.05, 4.69) is 29.8 Å². The van der Waals surface area contributed by atoms with Crippen LogP contribution in [-0.2, 0) is 0 Å². The Morgan fingerprint density at radius 1 is 1.12 bits per heavy atom. The van der Waals surface area contributed by atoms with Crippen molar-refractivity contribution < 1.29 is 0 Å². The summed E-state index contributed by atoms with van der Waals surface area (Å²) in [6.07, 6.45) is 0. The van der Waals surface area contributed by atoms with E-state index in [1.807, 2.05) is 0 Å². The predicted molar refractivity (Wildman–Crippen MR) is 45.2 cm³/mol. The Morgan fingerprint density at radius 3 is 1.12 bits per heavy atom. The summed E-state index contributed by atoms with van der Waals surface area (Å²) in [5, 5.41) is 0. The van der Waals surface area contributed by atoms with Gasteiger partial charge in [-0.2, -0.15) is 0 Å². The second kappa shape index (κ2) is 8.06. The summed E-state index contributed by atoms with van der Waals surface area (Å²) in [5.41, 5.74) is 0. The summed E-state index contributed by atoms with van der Waals surface area (Å²) in [5.74, 6) is 0. The first kappa shape index (κ1) is 11.8. The molecule has 0 aromatic carbocycles. The monoisotopic (exact) mass is 220 g/mol. The molecule has 52 valence electrons. The molecule has 0 N–H and O–H groups in total. The minimum absolute atomic E-state index is 0.222. The van der Waals surface area contributed by atoms with E-state index in [0.29, 0.717) is 4.83 Å². The Balaban J connectivity index is 0. The summed E-state index contributed by atoms with van der Waals surface area (Å²) < 4.78 is 0. The van der Waals surface area contributed by atoms with Crippen molar-refractivity contribution in [2.24, 2.45) is 0 Å². The van der Waals surface area contributed by atoms with Crippen molar-refractivity contribution in [3.05, 3.63) is 0 Å². The summed E-state index contributed by atoms with van der Waals surface area (Å²) >= 11 is 13.4. The largest absolute Gasteiger partial charge is 0.106 e. The summed E-state index contributed by atoms with van der Waals surface area (Å²) in [7, 11) is 0. The Morgan fingerprint density at radius 2 is 1.12 bits per heavy atom. The average Bonchev–Trinajstić information content (AvgIpc) is 1.25. The van der Waals surface area contributed by atoms with E-state index < -0.39 is 0 Å². The highest BCUT2D eigenvalue weighted by atomic mass is 79.9. The lowest BCUT2D eigenvalue weighted by Crippen LogP contribution is -1.69. The van der Waals surface area contributed by atoms with Crippen LogP contribution in [0.4, 0.5) is 0 Å². The minimum atomic E-state index is -0.222. The van der Waals surface area contributed by atoms with Crippen LogP contribution in [0.15, 0.2) is 0 Å². The molecule has 0 saturated heterocycles. The van der Waals surface area contributed by atoms with Crippen LogP contribution in [0.5, 0.6) is 0 Å². The van der Waals surface area contributed by atoms with Crippen LogP contribution in [0.2, 0.25) is 0 Å². The second-order valence-corrected chi connectivity index (χ2v) is 4.90. The smallest absolute Gasteiger partial charge is 0.105 e. The maximum Gasteiger partial charge on any atom is 0.105 e. The summed E-state index contributed by atoms with van der Waals surface area (Å²) in [6, 6.07) is 0. The molecule has 0 aliphatic carbocycles. The van der Waals surface area contributed by atoms with Gasteiger partial charge in [0.25, 0.3) is 0 Å². The van der Waals surface area contributed by atoms with Crippen LogP contribution in [0.25, 0.3) is 0 Å². The fraction of sp³-hybridized carbons (Fsp3) is 1.00. The van der Waals surface area contributed by atoms with Gasteiger partial charge in [0.15, 0.2) is 0 Å². The quantitative estimate of drug-likeness (QED) is 0.549. The molecule has 0 radical (unpaired) electrons. The highest BCUT2D eigenvalue weighted by molar-refractivity contribution is 9.09. The van der Waals surface area contributed by atoms with Gasteiger partial charge in [-0.1, -0.05) is 29.8 Å². The molecule has 0 heterocycles. The van der Waals surface area contributed by atoms with E-state index in [9.17, 15) is 0 Å². The van der Waals surface area contributed by atoms with Crippen LogP contribution in [0, 0.1) is 0 Å². The molecule has 0 saturated carbocycles. The maximum absolute atomic E-state index is 5.04. The number of rotatable bonds is 0. The van der Waals surface area contributed by atoms with Crippen LogP contribution in [-0.4, -0.2) is 9.66 Å². The van der Waals surface area contributed by atoms with Crippen molar-refractivity contribution in [2.45, 2.75) is 30.4 Å². The standard InChI is InChI=1S/C3H7Br.C2H4Cl2/c1-3(2)4;1-2(3)4/h3H,1-2H3;2H,1H3. The first-order valence-electron chi connectivity index (χ1n) is 2.39. The molecule has 0 aliphatic heterocycles. The molecule has 0 amide bonds. The van der Waals surface area contributed by atoms with E-state index in [1.165, 1.54) is 0 Å². The molecule has 0 bridgehead atoms. The third kappa shape index (κ3) is 231. The Kier molecular flexibility index (Phi) is 11.9. The van der Waals surface area contributed by atoms with Crippen LogP contribution >= 0.6 is 39.1 Å². The minimum Gasteiger partial charge on any atom is -0.106 e. The van der Waals surface area contributed by atoms with Crippen molar-refractivity contribution >= 4 is 39.1 Å². The first-order valence-corrected chi connectivity index (χ1v) is 4.18. The zero-order valence-electron chi connectivity index (χ0n) is 5.29. The van der Waals surface area contributed by atoms with E-state index >= 15 is 0 Å². The summed E-state index contributed by atoms with van der Waals surface area (Å²) in [4.78, 5) is 0.424. The second-order valence-electron chi connectivity index (χ2n) is 1.53. The van der Waals surface area contributed by atoms with Gasteiger partial charge in [-0.05, 0) is 6.92 Å². The van der Waals surface area contributed by atoms with Crippen LogP contribution in [0.1, 0.15) is 20.8 Å². The molecular weight excluding hydrogens is 211 g/mol. The number of hydrogen-bond donors (Lipinski definition) is 0. The van der Waals surface area contributed by atoms with Crippen LogP contribution in [0.3, 0.4) is 0 Å². The Bertz CT molecular complexity index is 25.9. The zero-order valence-corrected chi connectivity index (χ0v) is 8.39. The van der Waals surface area contributed by atoms with E-state index in [-0.39, 0.29) is 4.84 Å². The van der Waals surface area contributed by atoms with Gasteiger partial charge in [0, 0.05) is 4.83 Å². The topological polar surface area (TPSA) is 0 Å². The van der Waals surface area contributed by atoms with Gasteiger partial charge >= 0.3 is 0 Å². The number of alkyl halides is 3. The normalized spacial score (nSPS) is 9.00. The molecule has 0 fully saturated rings. The van der Waals surface area contributed by atoms with Crippen molar-refractivity contribution in [3.63, 3.8) is 0 Å². The lowest BCUT2D eigenvalue weighted by molar-refractivity contribution is 1.14. The van der Waals surface area contributed by atoms with Crippen molar-refractivity contribution in [1.82, 2.24) is 0 Å². The Hall–Kier alpha value is 1.06. The average molecular weight is 222 g/mol. The maximum atomic E-state index is 5.04. The lowest BCUT2D eigenvalue weighted by Gasteiger charge is -1.76. The molecule has 0 aliphatic rings. The van der Waals surface area contributed by atoms with E-state index in [4.69, 9.17) is 23.2 Å². The molecule has 0 spiro atoms. The van der Waals surface area contributed by atoms with Crippen molar-refractivity contribution in [1.29, 1.82) is 0 Å². The molecule has 0 rings (SSSR count). The van der Waals surface area contributed by atoms with Gasteiger partial charge < -0.3 is 0 Å². The third-order valence-corrected chi connectivity index (χ3v) is 0. The van der Waals surface area contributed by atoms with Gasteiger partial charge in [-0.3, -0.25) is 0 Å². The Labute approximate surface area is 69.7 Å². The van der Waals surface area contributed by atoms with Gasteiger partial charge in [0.1, 0.15) is 4.84 Å². The van der Waals surface area contributed by atoms with Gasteiger partial charge in [0.05, 0.1) is 0 Å². The first-order chi connectivity index (χ1) is 3.46. The molecule has 0 atom stereocenters. The fourth-order valence-electron chi connectivity index (χ4n) is 0. The zero-order chi connectivity index (χ0) is 7.15. The van der Waals surface area contributed by atoms with Crippen molar-refractivity contribution in [2.75, 3.05) is 0 Å². The lowest BCUT2D eigenvalue weighted by atomic mass is 10.6. The SMILES string of the molecule is CC(C)Br.CC(Cl)Cl. The molecule has 8 heavy (non-hydrogen) atoms. The van der Waals surface area contributed by atoms with Crippen LogP contribution < -0.4 is 0 Å². The van der Waals surface area contributed by atoms with Gasteiger partial charge in [0.2, 0.25) is 0 Å². The number of hydrogen-bond acceptors (Lipinski definition) is 0. The third-order valence-electron chi connectivity index (χ3n) is 0. The van der Waals surface area contributed by atoms with Crippen molar-refractivity contribution in [3.8, 4) is 0 Å². The highest BCUT2D eigenvalue weighted by Gasteiger charge is 1.75. The van der Waals surface area contributed by atoms with E-state index in [0.717, 1.165) is 0 Å². The summed E-state index contributed by atoms with van der Waals surface area (Å²) in [6.45, 7) is 5.86.